The third-order valence-electron chi connectivity index (χ3n) is 15.1. The molecule has 6 atom stereocenters. The standard InChI is InChI=1S/C43H69FN6O6/c1-7-14-29(33(51)38(55)45-28-18-19-28)46-36(53)31-25-43(41(5,6)42(43)20-13-21-42)26-50(31)39(56)34(40(2,3)4)48-37(54)32(27-15-9-8-10-16-27)47-35(52)30-17-11-12-23-49(30)24-22-44/h27-32,34H,7-26H2,1-6H3,(H,45,55)(H,46,53)(H,47,52)(H,48,54)/t29-,30-,31-,32-,34+,43+/m0/s1. The molecule has 4 N–H and O–H groups in total. The number of hydrogen-bond acceptors (Lipinski definition) is 7. The van der Waals surface area contributed by atoms with Crippen LogP contribution >= 0.6 is 0 Å². The van der Waals surface area contributed by atoms with Gasteiger partial charge in [0.1, 0.15) is 24.8 Å². The highest BCUT2D eigenvalue weighted by Gasteiger charge is 2.85. The molecule has 13 heteroatoms. The van der Waals surface area contributed by atoms with E-state index in [1.54, 1.807) is 4.90 Å². The first-order valence-corrected chi connectivity index (χ1v) is 21.9. The molecule has 0 aromatic heterocycles. The lowest BCUT2D eigenvalue weighted by atomic mass is 9.73. The van der Waals surface area contributed by atoms with Gasteiger partial charge in [-0.2, -0.15) is 0 Å². The molecule has 0 aromatic carbocycles. The van der Waals surface area contributed by atoms with Crippen LogP contribution in [-0.2, 0) is 28.8 Å². The summed E-state index contributed by atoms with van der Waals surface area (Å²) in [5, 5.41) is 11.9. The lowest BCUT2D eigenvalue weighted by Gasteiger charge is -2.39. The number of Topliss-reactive ketones (excluding diaryl/α,β-unsaturated/α-hetero) is 1. The molecule has 12 nitrogen and oxygen atoms in total. The number of likely N-dealkylation sites (tertiary alicyclic amines) is 2. The van der Waals surface area contributed by atoms with Crippen LogP contribution in [0.4, 0.5) is 4.39 Å². The van der Waals surface area contributed by atoms with Gasteiger partial charge in [-0.05, 0) is 92.9 Å². The molecule has 6 aliphatic rings. The number of halogens is 1. The first-order valence-electron chi connectivity index (χ1n) is 21.9. The Kier molecular flexibility index (Phi) is 12.6. The van der Waals surface area contributed by atoms with Crippen LogP contribution in [0.5, 0.6) is 0 Å². The number of alkyl halides is 1. The van der Waals surface area contributed by atoms with E-state index in [0.29, 0.717) is 38.8 Å². The molecule has 4 aliphatic carbocycles. The number of amides is 5. The molecular formula is C43H69FN6O6. The van der Waals surface area contributed by atoms with Gasteiger partial charge in [0.05, 0.1) is 12.1 Å². The molecule has 0 bridgehead atoms. The van der Waals surface area contributed by atoms with Gasteiger partial charge >= 0.3 is 0 Å². The molecule has 314 valence electrons. The van der Waals surface area contributed by atoms with Gasteiger partial charge in [0.25, 0.3) is 5.91 Å². The molecule has 0 radical (unpaired) electrons. The monoisotopic (exact) mass is 785 g/mol. The van der Waals surface area contributed by atoms with Gasteiger partial charge in [-0.15, -0.1) is 0 Å². The molecule has 6 rings (SSSR count). The second-order valence-corrected chi connectivity index (χ2v) is 19.7. The van der Waals surface area contributed by atoms with E-state index >= 15 is 4.79 Å². The minimum Gasteiger partial charge on any atom is -0.347 e. The summed E-state index contributed by atoms with van der Waals surface area (Å²) in [6.07, 6.45) is 13.0. The van der Waals surface area contributed by atoms with Crippen molar-refractivity contribution in [3.05, 3.63) is 0 Å². The summed E-state index contributed by atoms with van der Waals surface area (Å²) in [5.74, 6) is -2.96. The van der Waals surface area contributed by atoms with E-state index in [0.717, 1.165) is 77.0 Å². The Bertz CT molecular complexity index is 1510. The number of nitrogens with zero attached hydrogens (tertiary/aromatic N) is 2. The Morgan fingerprint density at radius 3 is 2.04 bits per heavy atom. The summed E-state index contributed by atoms with van der Waals surface area (Å²) in [6.45, 7) is 12.7. The van der Waals surface area contributed by atoms with Crippen LogP contribution in [-0.4, -0.2) is 108 Å². The Morgan fingerprint density at radius 1 is 0.804 bits per heavy atom. The van der Waals surface area contributed by atoms with Crippen LogP contribution in [0.25, 0.3) is 0 Å². The quantitative estimate of drug-likeness (QED) is 0.180. The summed E-state index contributed by atoms with van der Waals surface area (Å²) >= 11 is 0. The highest BCUT2D eigenvalue weighted by molar-refractivity contribution is 6.38. The van der Waals surface area contributed by atoms with Crippen LogP contribution in [0.1, 0.15) is 144 Å². The van der Waals surface area contributed by atoms with Crippen molar-refractivity contribution in [3.63, 3.8) is 0 Å². The maximum absolute atomic E-state index is 15.1. The zero-order valence-electron chi connectivity index (χ0n) is 34.9. The van der Waals surface area contributed by atoms with Crippen molar-refractivity contribution in [3.8, 4) is 0 Å². The van der Waals surface area contributed by atoms with Crippen molar-refractivity contribution in [2.24, 2.45) is 27.6 Å². The predicted molar refractivity (Wildman–Crippen MR) is 211 cm³/mol. The average Bonchev–Trinajstić information content (AvgIpc) is 3.97. The zero-order chi connectivity index (χ0) is 40.6. The lowest BCUT2D eigenvalue weighted by molar-refractivity contribution is -0.146. The first-order chi connectivity index (χ1) is 26.5. The van der Waals surface area contributed by atoms with E-state index in [-0.39, 0.29) is 46.6 Å². The third-order valence-corrected chi connectivity index (χ3v) is 15.1. The Morgan fingerprint density at radius 2 is 1.46 bits per heavy atom. The molecule has 5 amide bonds. The third kappa shape index (κ3) is 8.00. The predicted octanol–water partition coefficient (Wildman–Crippen LogP) is 4.34. The molecule has 6 fully saturated rings. The molecule has 2 saturated heterocycles. The molecule has 4 saturated carbocycles. The Hall–Kier alpha value is -3.09. The molecule has 2 spiro atoms. The largest absolute Gasteiger partial charge is 0.347 e. The fourth-order valence-electron chi connectivity index (χ4n) is 11.4. The van der Waals surface area contributed by atoms with Crippen LogP contribution in [0, 0.1) is 27.6 Å². The lowest BCUT2D eigenvalue weighted by Crippen LogP contribution is -2.63. The number of piperidine rings is 1. The van der Waals surface area contributed by atoms with Gasteiger partial charge < -0.3 is 26.2 Å². The minimum atomic E-state index is -1.02. The van der Waals surface area contributed by atoms with E-state index < -0.39 is 65.8 Å². The minimum absolute atomic E-state index is 0.00175. The summed E-state index contributed by atoms with van der Waals surface area (Å²) in [7, 11) is 0. The fourth-order valence-corrected chi connectivity index (χ4v) is 11.4. The van der Waals surface area contributed by atoms with Crippen molar-refractivity contribution in [1.29, 1.82) is 0 Å². The van der Waals surface area contributed by atoms with E-state index in [4.69, 9.17) is 0 Å². The number of carbonyl (C=O) groups is 6. The van der Waals surface area contributed by atoms with Crippen molar-refractivity contribution in [2.45, 2.75) is 181 Å². The Labute approximate surface area is 333 Å². The van der Waals surface area contributed by atoms with Crippen molar-refractivity contribution in [1.82, 2.24) is 31.1 Å². The normalized spacial score (nSPS) is 28.8. The number of ketones is 1. The van der Waals surface area contributed by atoms with Gasteiger partial charge in [-0.25, -0.2) is 4.39 Å². The van der Waals surface area contributed by atoms with E-state index in [2.05, 4.69) is 35.1 Å². The van der Waals surface area contributed by atoms with Crippen molar-refractivity contribution in [2.75, 3.05) is 26.3 Å². The summed E-state index contributed by atoms with van der Waals surface area (Å²) in [4.78, 5) is 87.7. The summed E-state index contributed by atoms with van der Waals surface area (Å²) in [5.41, 5.74) is -1.15. The molecular weight excluding hydrogens is 716 g/mol. The van der Waals surface area contributed by atoms with Gasteiger partial charge in [0, 0.05) is 24.5 Å². The van der Waals surface area contributed by atoms with Crippen molar-refractivity contribution < 1.29 is 33.2 Å². The van der Waals surface area contributed by atoms with Gasteiger partial charge in [0.2, 0.25) is 29.4 Å². The summed E-state index contributed by atoms with van der Waals surface area (Å²) < 4.78 is 13.5. The SMILES string of the molecule is CCC[C@H](NC(=O)[C@@H]1C[C@@]2(CN1C(=O)[C@@H](NC(=O)[C@@H](NC(=O)[C@@H]1CCCCN1CCF)C1CCCCC1)C(C)(C)C)C(C)(C)C21CCC1)C(=O)C(=O)NC1CC1. The van der Waals surface area contributed by atoms with Gasteiger partial charge in [0.15, 0.2) is 0 Å². The molecule has 56 heavy (non-hydrogen) atoms. The van der Waals surface area contributed by atoms with Crippen LogP contribution < -0.4 is 21.3 Å². The van der Waals surface area contributed by atoms with Crippen LogP contribution in [0.3, 0.4) is 0 Å². The molecule has 2 aliphatic heterocycles. The van der Waals surface area contributed by atoms with Crippen LogP contribution in [0.15, 0.2) is 0 Å². The number of carbonyl (C=O) groups excluding carboxylic acids is 6. The van der Waals surface area contributed by atoms with E-state index in [1.165, 1.54) is 0 Å². The summed E-state index contributed by atoms with van der Waals surface area (Å²) in [6, 6.07) is -4.28. The first kappa shape index (κ1) is 42.5. The molecule has 0 unspecified atom stereocenters. The van der Waals surface area contributed by atoms with Gasteiger partial charge in [-0.3, -0.25) is 33.7 Å². The van der Waals surface area contributed by atoms with Crippen molar-refractivity contribution >= 4 is 35.3 Å². The van der Waals surface area contributed by atoms with E-state index in [9.17, 15) is 28.4 Å². The maximum atomic E-state index is 15.1. The molecule has 2 heterocycles. The second kappa shape index (κ2) is 16.6. The maximum Gasteiger partial charge on any atom is 0.289 e. The number of fused-ring (bicyclic) bond motifs is 1. The topological polar surface area (TPSA) is 157 Å². The number of rotatable bonds is 15. The smallest absolute Gasteiger partial charge is 0.289 e. The number of nitrogens with one attached hydrogen (secondary N) is 4. The Balaban J connectivity index is 1.25. The zero-order valence-corrected chi connectivity index (χ0v) is 34.9. The van der Waals surface area contributed by atoms with E-state index in [1.807, 2.05) is 32.6 Å². The highest BCUT2D eigenvalue weighted by Crippen LogP contribution is 2.88. The highest BCUT2D eigenvalue weighted by atomic mass is 19.1. The second-order valence-electron chi connectivity index (χ2n) is 19.7. The van der Waals surface area contributed by atoms with Crippen LogP contribution in [0.2, 0.25) is 0 Å². The number of hydrogen-bond donors (Lipinski definition) is 4. The van der Waals surface area contributed by atoms with Gasteiger partial charge in [-0.1, -0.05) is 80.1 Å². The average molecular weight is 785 g/mol. The fraction of sp³-hybridized carbons (Fsp3) is 0.860. The molecule has 0 aromatic rings.